The average Bonchev–Trinajstić information content (AvgIpc) is 2.91. The van der Waals surface area contributed by atoms with E-state index < -0.39 is 27.5 Å². The summed E-state index contributed by atoms with van der Waals surface area (Å²) in [5.74, 6) is -1.55. The van der Waals surface area contributed by atoms with Crippen molar-refractivity contribution >= 4 is 21.5 Å². The molecule has 232 valence electrons. The molecule has 2 aromatic carbocycles. The van der Waals surface area contributed by atoms with Crippen LogP contribution < -0.4 is 4.90 Å². The maximum atomic E-state index is 13.3. The first-order valence-electron chi connectivity index (χ1n) is 14.7. The van der Waals surface area contributed by atoms with Crippen LogP contribution in [0.1, 0.15) is 76.1 Å². The highest BCUT2D eigenvalue weighted by Crippen LogP contribution is 2.45. The van der Waals surface area contributed by atoms with Crippen LogP contribution in [-0.4, -0.2) is 48.9 Å². The fourth-order valence-corrected chi connectivity index (χ4v) is 6.90. The zero-order valence-electron chi connectivity index (χ0n) is 26.2. The number of aliphatic carboxylic acids is 1. The number of halogens is 1. The van der Waals surface area contributed by atoms with Crippen molar-refractivity contribution in [2.24, 2.45) is 5.41 Å². The lowest BCUT2D eigenvalue weighted by Gasteiger charge is -2.41. The van der Waals surface area contributed by atoms with E-state index in [0.29, 0.717) is 11.3 Å². The van der Waals surface area contributed by atoms with Crippen LogP contribution in [0.15, 0.2) is 53.4 Å². The zero-order chi connectivity index (χ0) is 31.7. The Morgan fingerprint density at radius 1 is 1.02 bits per heavy atom. The van der Waals surface area contributed by atoms with E-state index in [-0.39, 0.29) is 28.3 Å². The fraction of sp³-hybridized carbons (Fsp3) is 0.471. The summed E-state index contributed by atoms with van der Waals surface area (Å²) < 4.78 is 45.8. The van der Waals surface area contributed by atoms with Gasteiger partial charge >= 0.3 is 5.97 Å². The van der Waals surface area contributed by atoms with Crippen molar-refractivity contribution in [3.8, 4) is 11.1 Å². The third-order valence-electron chi connectivity index (χ3n) is 8.04. The van der Waals surface area contributed by atoms with Gasteiger partial charge < -0.3 is 14.7 Å². The third kappa shape index (κ3) is 7.81. The van der Waals surface area contributed by atoms with Gasteiger partial charge in [-0.05, 0) is 94.7 Å². The second kappa shape index (κ2) is 12.4. The summed E-state index contributed by atoms with van der Waals surface area (Å²) >= 11 is 0. The summed E-state index contributed by atoms with van der Waals surface area (Å²) in [6.45, 7) is 15.2. The lowest BCUT2D eigenvalue weighted by Crippen LogP contribution is -2.39. The van der Waals surface area contributed by atoms with E-state index in [0.717, 1.165) is 54.0 Å². The van der Waals surface area contributed by atoms with Gasteiger partial charge in [-0.25, -0.2) is 17.6 Å². The number of piperidine rings is 1. The Kier molecular flexibility index (Phi) is 9.38. The monoisotopic (exact) mass is 610 g/mol. The molecule has 1 aliphatic rings. The molecule has 1 fully saturated rings. The van der Waals surface area contributed by atoms with Gasteiger partial charge in [-0.15, -0.1) is 0 Å². The molecule has 1 atom stereocenters. The molecule has 9 heteroatoms. The number of carbonyl (C=O) groups is 1. The summed E-state index contributed by atoms with van der Waals surface area (Å²) in [6, 6.07) is 12.6. The van der Waals surface area contributed by atoms with Gasteiger partial charge in [-0.3, -0.25) is 4.98 Å². The number of hydrogen-bond acceptors (Lipinski definition) is 6. The minimum Gasteiger partial charge on any atom is -0.479 e. The predicted octanol–water partition coefficient (Wildman–Crippen LogP) is 7.09. The van der Waals surface area contributed by atoms with E-state index >= 15 is 0 Å². The second-order valence-electron chi connectivity index (χ2n) is 13.2. The van der Waals surface area contributed by atoms with Gasteiger partial charge in [0.25, 0.3) is 0 Å². The molecular weight excluding hydrogens is 567 g/mol. The summed E-state index contributed by atoms with van der Waals surface area (Å²) in [7, 11) is -3.60. The van der Waals surface area contributed by atoms with Gasteiger partial charge in [0.1, 0.15) is 5.82 Å². The van der Waals surface area contributed by atoms with E-state index in [9.17, 15) is 22.7 Å². The van der Waals surface area contributed by atoms with Crippen LogP contribution >= 0.6 is 0 Å². The number of sulfone groups is 1. The number of carboxylic acid groups (broad SMARTS) is 1. The highest BCUT2D eigenvalue weighted by Gasteiger charge is 2.36. The molecule has 0 saturated carbocycles. The Bertz CT molecular complexity index is 1570. The Morgan fingerprint density at radius 2 is 1.60 bits per heavy atom. The highest BCUT2D eigenvalue weighted by molar-refractivity contribution is 7.91. The van der Waals surface area contributed by atoms with Crippen molar-refractivity contribution in [1.82, 2.24) is 4.98 Å². The van der Waals surface area contributed by atoms with Crippen molar-refractivity contribution in [1.29, 1.82) is 0 Å². The molecule has 0 spiro atoms. The summed E-state index contributed by atoms with van der Waals surface area (Å²) in [5.41, 5.74) is 4.36. The second-order valence-corrected chi connectivity index (χ2v) is 15.3. The first-order chi connectivity index (χ1) is 20.0. The largest absolute Gasteiger partial charge is 0.479 e. The van der Waals surface area contributed by atoms with Crippen LogP contribution in [0, 0.1) is 25.1 Å². The standard InChI is InChI=1S/C34H43FN2O5S/c1-22-28(25-10-14-27(15-11-25)43(40,41)21-16-24-8-12-26(35)13-9-24)30(37-19-17-34(6,7)18-20-37)29(23(2)36-22)31(32(38)39)42-33(3,4)5/h8-15,31H,16-21H2,1-7H3,(H,38,39)/t31-/m0/s1. The third-order valence-corrected chi connectivity index (χ3v) is 9.78. The van der Waals surface area contributed by atoms with E-state index in [1.165, 1.54) is 12.1 Å². The molecule has 43 heavy (non-hydrogen) atoms. The molecular formula is C34H43FN2O5S. The molecule has 0 unspecified atom stereocenters. The maximum absolute atomic E-state index is 13.3. The number of hydrogen-bond donors (Lipinski definition) is 1. The number of aryl methyl sites for hydroxylation is 3. The van der Waals surface area contributed by atoms with Gasteiger partial charge in [-0.1, -0.05) is 38.1 Å². The Labute approximate surface area is 255 Å². The molecule has 1 N–H and O–H groups in total. The van der Waals surface area contributed by atoms with Crippen molar-refractivity contribution in [2.75, 3.05) is 23.7 Å². The molecule has 2 heterocycles. The number of rotatable bonds is 9. The van der Waals surface area contributed by atoms with E-state index in [1.54, 1.807) is 36.4 Å². The minimum absolute atomic E-state index is 0.105. The van der Waals surface area contributed by atoms with Crippen molar-refractivity contribution < 1.29 is 27.4 Å². The minimum atomic E-state index is -3.60. The lowest BCUT2D eigenvalue weighted by atomic mass is 9.82. The van der Waals surface area contributed by atoms with Crippen molar-refractivity contribution in [2.45, 2.75) is 84.3 Å². The SMILES string of the molecule is Cc1nc(C)c([C@H](OC(C)(C)C)C(=O)O)c(N2CCC(C)(C)CC2)c1-c1ccc(S(=O)(=O)CCc2ccc(F)cc2)cc1. The van der Waals surface area contributed by atoms with E-state index in [1.807, 2.05) is 34.6 Å². The molecule has 0 radical (unpaired) electrons. The summed E-state index contributed by atoms with van der Waals surface area (Å²) in [4.78, 5) is 19.9. The van der Waals surface area contributed by atoms with Crippen LogP contribution in [0.3, 0.4) is 0 Å². The summed E-state index contributed by atoms with van der Waals surface area (Å²) in [6.07, 6.45) is 0.919. The smallest absolute Gasteiger partial charge is 0.337 e. The number of pyridine rings is 1. The molecule has 1 aliphatic heterocycles. The van der Waals surface area contributed by atoms with E-state index in [4.69, 9.17) is 9.72 Å². The summed E-state index contributed by atoms with van der Waals surface area (Å²) in [5, 5.41) is 10.4. The van der Waals surface area contributed by atoms with Crippen LogP contribution in [0.4, 0.5) is 10.1 Å². The van der Waals surface area contributed by atoms with Crippen LogP contribution in [-0.2, 0) is 25.8 Å². The highest BCUT2D eigenvalue weighted by atomic mass is 32.2. The Morgan fingerprint density at radius 3 is 2.14 bits per heavy atom. The molecule has 1 saturated heterocycles. The molecule has 3 aromatic rings. The number of anilines is 1. The van der Waals surface area contributed by atoms with Crippen LogP contribution in [0.25, 0.3) is 11.1 Å². The number of ether oxygens (including phenoxy) is 1. The number of aromatic nitrogens is 1. The van der Waals surface area contributed by atoms with Crippen molar-refractivity contribution in [3.05, 3.63) is 76.9 Å². The molecule has 0 aliphatic carbocycles. The van der Waals surface area contributed by atoms with E-state index in [2.05, 4.69) is 18.7 Å². The Balaban J connectivity index is 1.79. The van der Waals surface area contributed by atoms with Gasteiger partial charge in [0.05, 0.1) is 21.9 Å². The molecule has 4 rings (SSSR count). The fourth-order valence-electron chi connectivity index (χ4n) is 5.61. The maximum Gasteiger partial charge on any atom is 0.337 e. The zero-order valence-corrected chi connectivity index (χ0v) is 27.0. The number of benzene rings is 2. The number of carboxylic acids is 1. The van der Waals surface area contributed by atoms with Gasteiger partial charge in [0, 0.05) is 35.6 Å². The van der Waals surface area contributed by atoms with Crippen LogP contribution in [0.5, 0.6) is 0 Å². The van der Waals surface area contributed by atoms with Crippen LogP contribution in [0.2, 0.25) is 0 Å². The van der Waals surface area contributed by atoms with Gasteiger partial charge in [0.15, 0.2) is 15.9 Å². The van der Waals surface area contributed by atoms with Crippen molar-refractivity contribution in [3.63, 3.8) is 0 Å². The number of nitrogens with zero attached hydrogens (tertiary/aromatic N) is 2. The first kappa shape index (κ1) is 32.6. The predicted molar refractivity (Wildman–Crippen MR) is 168 cm³/mol. The molecule has 7 nitrogen and oxygen atoms in total. The molecule has 0 bridgehead atoms. The molecule has 1 aromatic heterocycles. The van der Waals surface area contributed by atoms with Gasteiger partial charge in [-0.2, -0.15) is 0 Å². The Hall–Kier alpha value is -3.30. The average molecular weight is 611 g/mol. The normalized spacial score (nSPS) is 16.2. The molecule has 0 amide bonds. The quantitative estimate of drug-likeness (QED) is 0.276. The topological polar surface area (TPSA) is 96.8 Å². The first-order valence-corrected chi connectivity index (χ1v) is 16.4. The van der Waals surface area contributed by atoms with Gasteiger partial charge in [0.2, 0.25) is 0 Å². The lowest BCUT2D eigenvalue weighted by molar-refractivity contribution is -0.160.